The van der Waals surface area contributed by atoms with Crippen molar-refractivity contribution in [3.05, 3.63) is 29.8 Å². The molecule has 1 rings (SSSR count). The van der Waals surface area contributed by atoms with Gasteiger partial charge in [0.2, 0.25) is 5.91 Å². The topological polar surface area (TPSA) is 75.6 Å². The van der Waals surface area contributed by atoms with Crippen LogP contribution in [0.2, 0.25) is 0 Å². The lowest BCUT2D eigenvalue weighted by molar-refractivity contribution is -0.142. The normalized spacial score (nSPS) is 11.7. The molecule has 2 N–H and O–H groups in total. The Labute approximate surface area is 125 Å². The number of nitrogens with one attached hydrogen (secondary N) is 1. The number of benzene rings is 1. The number of rotatable bonds is 9. The lowest BCUT2D eigenvalue weighted by Crippen LogP contribution is -2.40. The first-order valence-electron chi connectivity index (χ1n) is 7.24. The number of hydrogen-bond donors (Lipinski definition) is 2. The quantitative estimate of drug-likeness (QED) is 0.686. The molecule has 116 valence electrons. The van der Waals surface area contributed by atoms with E-state index in [1.54, 1.807) is 0 Å². The van der Waals surface area contributed by atoms with Gasteiger partial charge >= 0.3 is 5.97 Å². The second-order valence-electron chi connectivity index (χ2n) is 5.01. The van der Waals surface area contributed by atoms with Crippen LogP contribution >= 0.6 is 0 Å². The molecule has 0 heterocycles. The number of amides is 1. The number of carboxylic acids is 1. The predicted octanol–water partition coefficient (Wildman–Crippen LogP) is 2.52. The van der Waals surface area contributed by atoms with Gasteiger partial charge in [0.05, 0.1) is 6.61 Å². The van der Waals surface area contributed by atoms with Gasteiger partial charge in [0.15, 0.2) is 0 Å². The molecule has 1 unspecified atom stereocenters. The van der Waals surface area contributed by atoms with Crippen molar-refractivity contribution in [1.29, 1.82) is 0 Å². The molecule has 0 aliphatic rings. The summed E-state index contributed by atoms with van der Waals surface area (Å²) in [6.45, 7) is 4.32. The van der Waals surface area contributed by atoms with Crippen LogP contribution in [0.15, 0.2) is 24.3 Å². The number of carbonyl (C=O) groups is 2. The second kappa shape index (κ2) is 9.00. The molecule has 5 heteroatoms. The number of hydrogen-bond acceptors (Lipinski definition) is 3. The SMILES string of the molecule is CCCC(NC(=O)CCCOc1ccc(C)cc1)C(=O)O. The van der Waals surface area contributed by atoms with Gasteiger partial charge in [-0.05, 0) is 31.9 Å². The summed E-state index contributed by atoms with van der Waals surface area (Å²) in [5, 5.41) is 11.5. The highest BCUT2D eigenvalue weighted by Gasteiger charge is 2.18. The standard InChI is InChI=1S/C16H23NO4/c1-3-5-14(16(19)20)17-15(18)6-4-11-21-13-9-7-12(2)8-10-13/h7-10,14H,3-6,11H2,1-2H3,(H,17,18)(H,19,20). The Balaban J connectivity index is 2.23. The van der Waals surface area contributed by atoms with Crippen LogP contribution in [-0.4, -0.2) is 29.6 Å². The largest absolute Gasteiger partial charge is 0.494 e. The van der Waals surface area contributed by atoms with E-state index in [2.05, 4.69) is 5.32 Å². The van der Waals surface area contributed by atoms with Crippen molar-refractivity contribution in [2.45, 2.75) is 45.6 Å². The first-order valence-corrected chi connectivity index (χ1v) is 7.24. The summed E-state index contributed by atoms with van der Waals surface area (Å²) in [5.74, 6) is -0.458. The monoisotopic (exact) mass is 293 g/mol. The summed E-state index contributed by atoms with van der Waals surface area (Å²) in [6.07, 6.45) is 1.98. The van der Waals surface area contributed by atoms with E-state index in [4.69, 9.17) is 9.84 Å². The molecule has 0 aliphatic carbocycles. The first-order chi connectivity index (χ1) is 10.0. The highest BCUT2D eigenvalue weighted by molar-refractivity contribution is 5.83. The molecule has 1 aromatic carbocycles. The Hall–Kier alpha value is -2.04. The Bertz CT molecular complexity index is 456. The number of aliphatic carboxylic acids is 1. The van der Waals surface area contributed by atoms with Crippen LogP contribution in [0.1, 0.15) is 38.2 Å². The van der Waals surface area contributed by atoms with Crippen LogP contribution in [0, 0.1) is 6.92 Å². The molecule has 0 bridgehead atoms. The van der Waals surface area contributed by atoms with E-state index in [1.807, 2.05) is 38.1 Å². The molecule has 0 fully saturated rings. The Morgan fingerprint density at radius 1 is 1.29 bits per heavy atom. The van der Waals surface area contributed by atoms with Gasteiger partial charge in [0, 0.05) is 6.42 Å². The fourth-order valence-corrected chi connectivity index (χ4v) is 1.87. The van der Waals surface area contributed by atoms with Crippen molar-refractivity contribution in [3.63, 3.8) is 0 Å². The smallest absolute Gasteiger partial charge is 0.326 e. The molecule has 21 heavy (non-hydrogen) atoms. The van der Waals surface area contributed by atoms with Gasteiger partial charge < -0.3 is 15.2 Å². The van der Waals surface area contributed by atoms with Crippen molar-refractivity contribution in [3.8, 4) is 5.75 Å². The Kier molecular flexibility index (Phi) is 7.29. The fraction of sp³-hybridized carbons (Fsp3) is 0.500. The summed E-state index contributed by atoms with van der Waals surface area (Å²) >= 11 is 0. The van der Waals surface area contributed by atoms with E-state index in [9.17, 15) is 9.59 Å². The maximum Gasteiger partial charge on any atom is 0.326 e. The molecule has 1 amide bonds. The fourth-order valence-electron chi connectivity index (χ4n) is 1.87. The van der Waals surface area contributed by atoms with E-state index < -0.39 is 12.0 Å². The third-order valence-electron chi connectivity index (χ3n) is 3.05. The molecule has 5 nitrogen and oxygen atoms in total. The summed E-state index contributed by atoms with van der Waals surface area (Å²) in [7, 11) is 0. The zero-order valence-corrected chi connectivity index (χ0v) is 12.6. The zero-order valence-electron chi connectivity index (χ0n) is 12.6. The molecule has 0 saturated heterocycles. The van der Waals surface area contributed by atoms with Gasteiger partial charge in [-0.15, -0.1) is 0 Å². The number of carbonyl (C=O) groups excluding carboxylic acids is 1. The predicted molar refractivity (Wildman–Crippen MR) is 80.4 cm³/mol. The molecular formula is C16H23NO4. The lowest BCUT2D eigenvalue weighted by Gasteiger charge is -2.13. The molecule has 0 aromatic heterocycles. The van der Waals surface area contributed by atoms with Crippen molar-refractivity contribution in [2.24, 2.45) is 0 Å². The molecule has 1 atom stereocenters. The highest BCUT2D eigenvalue weighted by atomic mass is 16.5. The number of carboxylic acid groups (broad SMARTS) is 1. The van der Waals surface area contributed by atoms with Crippen molar-refractivity contribution in [2.75, 3.05) is 6.61 Å². The van der Waals surface area contributed by atoms with Gasteiger partial charge in [0.25, 0.3) is 0 Å². The Morgan fingerprint density at radius 2 is 1.95 bits per heavy atom. The summed E-state index contributed by atoms with van der Waals surface area (Å²) in [6, 6.07) is 6.91. The van der Waals surface area contributed by atoms with Crippen LogP contribution in [0.3, 0.4) is 0 Å². The third-order valence-corrected chi connectivity index (χ3v) is 3.05. The van der Waals surface area contributed by atoms with E-state index in [0.717, 1.165) is 11.3 Å². The molecule has 1 aromatic rings. The van der Waals surface area contributed by atoms with Crippen molar-refractivity contribution in [1.82, 2.24) is 5.32 Å². The number of ether oxygens (including phenoxy) is 1. The molecule has 0 spiro atoms. The van der Waals surface area contributed by atoms with Crippen molar-refractivity contribution < 1.29 is 19.4 Å². The Morgan fingerprint density at radius 3 is 2.52 bits per heavy atom. The molecule has 0 radical (unpaired) electrons. The van der Waals surface area contributed by atoms with E-state index in [0.29, 0.717) is 25.9 Å². The molecule has 0 aliphatic heterocycles. The number of aryl methyl sites for hydroxylation is 1. The van der Waals surface area contributed by atoms with Crippen molar-refractivity contribution >= 4 is 11.9 Å². The van der Waals surface area contributed by atoms with Gasteiger partial charge in [-0.1, -0.05) is 31.0 Å². The van der Waals surface area contributed by atoms with Crippen LogP contribution in [0.5, 0.6) is 5.75 Å². The molecular weight excluding hydrogens is 270 g/mol. The highest BCUT2D eigenvalue weighted by Crippen LogP contribution is 2.11. The van der Waals surface area contributed by atoms with Crippen LogP contribution in [0.25, 0.3) is 0 Å². The second-order valence-corrected chi connectivity index (χ2v) is 5.01. The summed E-state index contributed by atoms with van der Waals surface area (Å²) < 4.78 is 5.52. The zero-order chi connectivity index (χ0) is 15.7. The minimum atomic E-state index is -0.985. The van der Waals surface area contributed by atoms with Gasteiger partial charge in [0.1, 0.15) is 11.8 Å². The summed E-state index contributed by atoms with van der Waals surface area (Å²) in [5.41, 5.74) is 1.16. The minimum absolute atomic E-state index is 0.247. The maximum absolute atomic E-state index is 11.7. The lowest BCUT2D eigenvalue weighted by atomic mass is 10.1. The van der Waals surface area contributed by atoms with Gasteiger partial charge in [-0.2, -0.15) is 0 Å². The first kappa shape index (κ1) is 17.0. The van der Waals surface area contributed by atoms with E-state index in [-0.39, 0.29) is 12.3 Å². The van der Waals surface area contributed by atoms with Gasteiger partial charge in [-0.3, -0.25) is 4.79 Å². The van der Waals surface area contributed by atoms with Crippen LogP contribution in [-0.2, 0) is 9.59 Å². The van der Waals surface area contributed by atoms with E-state index >= 15 is 0 Å². The maximum atomic E-state index is 11.7. The van der Waals surface area contributed by atoms with Gasteiger partial charge in [-0.25, -0.2) is 4.79 Å². The van der Waals surface area contributed by atoms with E-state index in [1.165, 1.54) is 0 Å². The third kappa shape index (κ3) is 6.79. The van der Waals surface area contributed by atoms with Crippen LogP contribution < -0.4 is 10.1 Å². The average Bonchev–Trinajstić information content (AvgIpc) is 2.45. The summed E-state index contributed by atoms with van der Waals surface area (Å²) in [4.78, 5) is 22.6. The minimum Gasteiger partial charge on any atom is -0.494 e. The molecule has 0 saturated carbocycles. The average molecular weight is 293 g/mol. The van der Waals surface area contributed by atoms with Crippen LogP contribution in [0.4, 0.5) is 0 Å².